The van der Waals surface area contributed by atoms with Gasteiger partial charge in [0.1, 0.15) is 5.82 Å². The third-order valence-corrected chi connectivity index (χ3v) is 12.4. The summed E-state index contributed by atoms with van der Waals surface area (Å²) in [5, 5.41) is 15.9. The van der Waals surface area contributed by atoms with Crippen LogP contribution in [0.25, 0.3) is 11.1 Å². The van der Waals surface area contributed by atoms with Crippen molar-refractivity contribution in [3.05, 3.63) is 82.6 Å². The number of hydrogen-bond donors (Lipinski definition) is 2. The second-order valence-corrected chi connectivity index (χ2v) is 16.3. The third kappa shape index (κ3) is 5.77. The number of thiazole rings is 1. The molecule has 0 bridgehead atoms. The molecule has 1 unspecified atom stereocenters. The van der Waals surface area contributed by atoms with Crippen LogP contribution in [0.15, 0.2) is 54.3 Å². The summed E-state index contributed by atoms with van der Waals surface area (Å²) < 4.78 is 17.8. The second kappa shape index (κ2) is 12.5. The number of nitrogens with zero attached hydrogens (tertiary/aromatic N) is 7. The molecule has 52 heavy (non-hydrogen) atoms. The molecule has 1 spiro atoms. The van der Waals surface area contributed by atoms with Gasteiger partial charge in [0.05, 0.1) is 30.6 Å². The van der Waals surface area contributed by atoms with Gasteiger partial charge in [0.25, 0.3) is 11.8 Å². The van der Waals surface area contributed by atoms with Gasteiger partial charge in [-0.1, -0.05) is 12.1 Å². The highest BCUT2D eigenvalue weighted by atomic mass is 32.1. The van der Waals surface area contributed by atoms with Crippen LogP contribution in [-0.2, 0) is 29.1 Å². The van der Waals surface area contributed by atoms with E-state index in [-0.39, 0.29) is 35.4 Å². The molecule has 12 nitrogen and oxygen atoms in total. The zero-order valence-electron chi connectivity index (χ0n) is 29.1. The normalized spacial score (nSPS) is 20.8. The topological polar surface area (TPSA) is 127 Å². The fourth-order valence-electron chi connectivity index (χ4n) is 8.72. The first kappa shape index (κ1) is 33.2. The highest BCUT2D eigenvalue weighted by Gasteiger charge is 2.54. The maximum Gasteiger partial charge on any atom is 0.255 e. The maximum atomic E-state index is 15.8. The number of aliphatic hydroxyl groups is 1. The zero-order chi connectivity index (χ0) is 35.8. The Labute approximate surface area is 304 Å². The van der Waals surface area contributed by atoms with Crippen molar-refractivity contribution in [1.82, 2.24) is 29.2 Å². The number of aryl methyl sites for hydroxylation is 1. The number of carbonyl (C=O) groups is 3. The molecular formula is C38H41FN8O4S. The van der Waals surface area contributed by atoms with Crippen LogP contribution in [-0.4, -0.2) is 104 Å². The molecule has 270 valence electrons. The van der Waals surface area contributed by atoms with Crippen LogP contribution in [0.3, 0.4) is 0 Å². The van der Waals surface area contributed by atoms with Crippen molar-refractivity contribution in [3.63, 3.8) is 0 Å². The van der Waals surface area contributed by atoms with Crippen molar-refractivity contribution in [1.29, 1.82) is 0 Å². The summed E-state index contributed by atoms with van der Waals surface area (Å²) in [4.78, 5) is 57.3. The summed E-state index contributed by atoms with van der Waals surface area (Å²) in [6, 6.07) is 10.1. The highest BCUT2D eigenvalue weighted by Crippen LogP contribution is 2.44. The molecule has 2 aromatic carbocycles. The van der Waals surface area contributed by atoms with E-state index in [4.69, 9.17) is 0 Å². The minimum absolute atomic E-state index is 0.0420. The fourth-order valence-corrected chi connectivity index (χ4v) is 9.25. The number of likely N-dealkylation sites (tertiary alicyclic amines) is 2. The summed E-state index contributed by atoms with van der Waals surface area (Å²) >= 11 is 1.28. The number of amides is 3. The van der Waals surface area contributed by atoms with Crippen LogP contribution in [0.1, 0.15) is 59.0 Å². The molecule has 0 aliphatic carbocycles. The van der Waals surface area contributed by atoms with Crippen molar-refractivity contribution in [3.8, 4) is 11.1 Å². The summed E-state index contributed by atoms with van der Waals surface area (Å²) in [5.74, 6) is -1.28. The lowest BCUT2D eigenvalue weighted by Gasteiger charge is -2.61. The lowest BCUT2D eigenvalue weighted by atomic mass is 9.72. The Morgan fingerprint density at radius 3 is 2.54 bits per heavy atom. The highest BCUT2D eigenvalue weighted by molar-refractivity contribution is 7.13. The van der Waals surface area contributed by atoms with Gasteiger partial charge in [0.2, 0.25) is 5.91 Å². The number of nitrogens with one attached hydrogen (secondary N) is 1. The molecule has 3 fully saturated rings. The largest absolute Gasteiger partial charge is 0.389 e. The number of rotatable bonds is 8. The first-order valence-corrected chi connectivity index (χ1v) is 18.9. The lowest BCUT2D eigenvalue weighted by molar-refractivity contribution is -0.152. The van der Waals surface area contributed by atoms with E-state index in [2.05, 4.69) is 25.1 Å². The Kier molecular flexibility index (Phi) is 7.97. The number of halogens is 1. The molecule has 5 aliphatic heterocycles. The number of carbonyl (C=O) groups excluding carboxylic acids is 3. The van der Waals surface area contributed by atoms with E-state index in [9.17, 15) is 19.5 Å². The molecule has 7 heterocycles. The summed E-state index contributed by atoms with van der Waals surface area (Å²) in [7, 11) is 2.04. The Balaban J connectivity index is 0.868. The van der Waals surface area contributed by atoms with Crippen LogP contribution in [0.4, 0.5) is 15.2 Å². The molecule has 5 aliphatic rings. The molecule has 9 rings (SSSR count). The minimum atomic E-state index is -1.04. The van der Waals surface area contributed by atoms with Gasteiger partial charge in [-0.2, -0.15) is 0 Å². The van der Waals surface area contributed by atoms with Crippen LogP contribution >= 0.6 is 11.3 Å². The molecule has 3 amide bonds. The Hall–Kier alpha value is -4.66. The molecule has 4 aromatic rings. The van der Waals surface area contributed by atoms with Crippen LogP contribution in [0, 0.1) is 11.2 Å². The van der Waals surface area contributed by atoms with Crippen LogP contribution in [0.5, 0.6) is 0 Å². The molecule has 0 saturated carbocycles. The second-order valence-electron chi connectivity index (χ2n) is 15.4. The Morgan fingerprint density at radius 2 is 1.81 bits per heavy atom. The monoisotopic (exact) mass is 724 g/mol. The SMILES string of the molecule is CN1CCC(O)(CC(=O)N2CC3(C2)CN(c2ccc(-c4cc(F)c5c(c4)C(=O)N(C(C(=O)Nc4nccs4)c4ncn6c4CCC6)C5)cc2)C3)CC1. The van der Waals surface area contributed by atoms with Crippen molar-refractivity contribution in [2.24, 2.45) is 5.41 Å². The number of piperidine rings is 1. The standard InChI is InChI=1S/C38H41FN8O4S/c1-43-12-8-38(51,9-13-43)17-31(48)46-21-37(22-46)19-45(20-37)26-6-4-24(5-7-26)25-15-27-28(29(39)16-25)18-47(35(27)50)33(34(49)42-36-40-10-14-52-36)32-30-3-2-11-44(30)23-41-32/h4-7,10,14-16,23,33,51H,2-3,8-9,11-13,17-22H2,1H3,(H,40,42,49). The van der Waals surface area contributed by atoms with E-state index in [0.717, 1.165) is 62.5 Å². The van der Waals surface area contributed by atoms with Gasteiger partial charge in [-0.25, -0.2) is 14.4 Å². The van der Waals surface area contributed by atoms with E-state index in [1.807, 2.05) is 40.8 Å². The fraction of sp³-hybridized carbons (Fsp3) is 0.447. The van der Waals surface area contributed by atoms with Gasteiger partial charge in [-0.3, -0.25) is 19.7 Å². The van der Waals surface area contributed by atoms with Gasteiger partial charge in [-0.05, 0) is 68.1 Å². The molecule has 2 N–H and O–H groups in total. The quantitative estimate of drug-likeness (QED) is 0.280. The van der Waals surface area contributed by atoms with Gasteiger partial charge in [0, 0.05) is 85.3 Å². The lowest BCUT2D eigenvalue weighted by Crippen LogP contribution is -2.73. The Bertz CT molecular complexity index is 2040. The van der Waals surface area contributed by atoms with E-state index in [0.29, 0.717) is 42.3 Å². The number of imidazole rings is 1. The summed E-state index contributed by atoms with van der Waals surface area (Å²) in [6.45, 7) is 5.50. The predicted molar refractivity (Wildman–Crippen MR) is 193 cm³/mol. The smallest absolute Gasteiger partial charge is 0.255 e. The molecule has 3 saturated heterocycles. The van der Waals surface area contributed by atoms with Crippen molar-refractivity contribution in [2.75, 3.05) is 56.5 Å². The van der Waals surface area contributed by atoms with Gasteiger partial charge < -0.3 is 29.3 Å². The van der Waals surface area contributed by atoms with E-state index in [1.54, 1.807) is 24.0 Å². The number of anilines is 2. The van der Waals surface area contributed by atoms with Crippen molar-refractivity contribution < 1.29 is 23.9 Å². The number of aromatic nitrogens is 3. The zero-order valence-corrected chi connectivity index (χ0v) is 29.9. The van der Waals surface area contributed by atoms with E-state index >= 15 is 4.39 Å². The van der Waals surface area contributed by atoms with Crippen LogP contribution < -0.4 is 10.2 Å². The van der Waals surface area contributed by atoms with Gasteiger partial charge >= 0.3 is 0 Å². The average Bonchev–Trinajstić information content (AvgIpc) is 3.90. The third-order valence-electron chi connectivity index (χ3n) is 11.7. The molecule has 0 radical (unpaired) electrons. The molecule has 2 aromatic heterocycles. The summed E-state index contributed by atoms with van der Waals surface area (Å²) in [6.07, 6.45) is 6.45. The average molecular weight is 725 g/mol. The maximum absolute atomic E-state index is 15.8. The van der Waals surface area contributed by atoms with Crippen molar-refractivity contribution >= 4 is 39.9 Å². The molecule has 1 atom stereocenters. The summed E-state index contributed by atoms with van der Waals surface area (Å²) in [5.41, 5.74) is 3.57. The number of fused-ring (bicyclic) bond motifs is 2. The van der Waals surface area contributed by atoms with Gasteiger partial charge in [0.15, 0.2) is 11.2 Å². The first-order valence-electron chi connectivity index (χ1n) is 18.0. The molecule has 14 heteroatoms. The Morgan fingerprint density at radius 1 is 1.04 bits per heavy atom. The van der Waals surface area contributed by atoms with E-state index < -0.39 is 29.3 Å². The number of benzene rings is 2. The van der Waals surface area contributed by atoms with E-state index in [1.165, 1.54) is 22.3 Å². The minimum Gasteiger partial charge on any atom is -0.389 e. The molecular weight excluding hydrogens is 684 g/mol. The van der Waals surface area contributed by atoms with Crippen molar-refractivity contribution in [2.45, 2.75) is 56.8 Å². The predicted octanol–water partition coefficient (Wildman–Crippen LogP) is 3.92. The van der Waals surface area contributed by atoms with Crippen LogP contribution in [0.2, 0.25) is 0 Å². The first-order chi connectivity index (χ1) is 25.1. The van der Waals surface area contributed by atoms with Gasteiger partial charge in [-0.15, -0.1) is 11.3 Å². The number of hydrogen-bond acceptors (Lipinski definition) is 9.